The van der Waals surface area contributed by atoms with Gasteiger partial charge in [-0.1, -0.05) is 23.8 Å². The van der Waals surface area contributed by atoms with Gasteiger partial charge < -0.3 is 10.6 Å². The quantitative estimate of drug-likeness (QED) is 0.692. The van der Waals surface area contributed by atoms with E-state index in [1.54, 1.807) is 6.07 Å². The van der Waals surface area contributed by atoms with Crippen molar-refractivity contribution in [2.24, 2.45) is 0 Å². The van der Waals surface area contributed by atoms with Crippen LogP contribution >= 0.6 is 11.6 Å². The van der Waals surface area contributed by atoms with Gasteiger partial charge in [-0.15, -0.1) is 0 Å². The van der Waals surface area contributed by atoms with Crippen LogP contribution in [-0.4, -0.2) is 19.0 Å². The Bertz CT molecular complexity index is 544. The van der Waals surface area contributed by atoms with Gasteiger partial charge in [0.05, 0.1) is 5.69 Å². The van der Waals surface area contributed by atoms with Gasteiger partial charge >= 0.3 is 0 Å². The first kappa shape index (κ1) is 10.7. The summed E-state index contributed by atoms with van der Waals surface area (Å²) >= 11 is 5.86. The zero-order valence-electron chi connectivity index (χ0n) is 8.89. The molecule has 2 heterocycles. The maximum absolute atomic E-state index is 13.7. The molecule has 3 rings (SSSR count). The molecule has 2 aliphatic heterocycles. The Kier molecular flexibility index (Phi) is 2.24. The van der Waals surface area contributed by atoms with Gasteiger partial charge in [-0.25, -0.2) is 4.39 Å². The van der Waals surface area contributed by atoms with Crippen LogP contribution in [0.5, 0.6) is 0 Å². The molecule has 0 saturated heterocycles. The van der Waals surface area contributed by atoms with E-state index >= 15 is 0 Å². The molecule has 1 aromatic rings. The van der Waals surface area contributed by atoms with Gasteiger partial charge in [-0.3, -0.25) is 4.79 Å². The second kappa shape index (κ2) is 3.55. The minimum Gasteiger partial charge on any atom is -0.322 e. The number of benzene rings is 1. The maximum atomic E-state index is 13.7. The summed E-state index contributed by atoms with van der Waals surface area (Å²) in [5.41, 5.74) is 0.0305. The van der Waals surface area contributed by atoms with Gasteiger partial charge in [0.15, 0.2) is 0 Å². The van der Waals surface area contributed by atoms with Crippen molar-refractivity contribution in [3.63, 3.8) is 0 Å². The number of carbonyl (C=O) groups excluding carboxylic acids is 1. The molecule has 1 spiro atoms. The molecule has 0 fully saturated rings. The molecule has 5 heteroatoms. The van der Waals surface area contributed by atoms with Gasteiger partial charge in [-0.05, 0) is 12.1 Å². The third-order valence-corrected chi connectivity index (χ3v) is 3.47. The number of nitrogens with one attached hydrogen (secondary N) is 2. The van der Waals surface area contributed by atoms with E-state index in [2.05, 4.69) is 10.6 Å². The standard InChI is InChI=1S/C12H10ClFN2O/c13-7-4-8-10(9(14)5-7)16-11(17)12(8)2-1-3-15-6-12/h1-2,4-5,15H,3,6H2,(H,16,17). The first-order valence-electron chi connectivity index (χ1n) is 5.33. The summed E-state index contributed by atoms with van der Waals surface area (Å²) in [7, 11) is 0. The van der Waals surface area contributed by atoms with Crippen LogP contribution in [0.1, 0.15) is 5.56 Å². The van der Waals surface area contributed by atoms with E-state index in [4.69, 9.17) is 11.6 Å². The van der Waals surface area contributed by atoms with E-state index in [0.29, 0.717) is 23.7 Å². The van der Waals surface area contributed by atoms with Crippen LogP contribution in [0.3, 0.4) is 0 Å². The predicted molar refractivity (Wildman–Crippen MR) is 63.7 cm³/mol. The molecule has 1 atom stereocenters. The third-order valence-electron chi connectivity index (χ3n) is 3.25. The fraction of sp³-hybridized carbons (Fsp3) is 0.250. The number of rotatable bonds is 0. The van der Waals surface area contributed by atoms with Crippen molar-refractivity contribution >= 4 is 23.2 Å². The molecule has 2 N–H and O–H groups in total. The molecule has 0 saturated carbocycles. The van der Waals surface area contributed by atoms with E-state index in [1.807, 2.05) is 12.2 Å². The van der Waals surface area contributed by atoms with Crippen molar-refractivity contribution in [2.45, 2.75) is 5.41 Å². The second-order valence-electron chi connectivity index (χ2n) is 4.27. The Morgan fingerprint density at radius 1 is 1.41 bits per heavy atom. The Balaban J connectivity index is 2.25. The van der Waals surface area contributed by atoms with Gasteiger partial charge in [0.25, 0.3) is 0 Å². The SMILES string of the molecule is O=C1Nc2c(F)cc(Cl)cc2C12C=CCNC2. The van der Waals surface area contributed by atoms with Crippen molar-refractivity contribution < 1.29 is 9.18 Å². The Hall–Kier alpha value is -1.39. The summed E-state index contributed by atoms with van der Waals surface area (Å²) < 4.78 is 13.7. The molecule has 0 bridgehead atoms. The average molecular weight is 253 g/mol. The summed E-state index contributed by atoms with van der Waals surface area (Å²) in [5.74, 6) is -0.700. The Morgan fingerprint density at radius 2 is 2.24 bits per heavy atom. The van der Waals surface area contributed by atoms with Gasteiger partial charge in [0.1, 0.15) is 11.2 Å². The molecule has 3 nitrogen and oxygen atoms in total. The van der Waals surface area contributed by atoms with E-state index in [1.165, 1.54) is 6.07 Å². The molecule has 0 aromatic heterocycles. The lowest BCUT2D eigenvalue weighted by atomic mass is 9.80. The average Bonchev–Trinajstić information content (AvgIpc) is 2.56. The highest BCUT2D eigenvalue weighted by Crippen LogP contribution is 2.42. The highest BCUT2D eigenvalue weighted by Gasteiger charge is 2.46. The van der Waals surface area contributed by atoms with Crippen LogP contribution < -0.4 is 10.6 Å². The molecule has 0 radical (unpaired) electrons. The van der Waals surface area contributed by atoms with Crippen molar-refractivity contribution in [1.82, 2.24) is 5.32 Å². The smallest absolute Gasteiger partial charge is 0.240 e. The fourth-order valence-corrected chi connectivity index (χ4v) is 2.62. The number of anilines is 1. The van der Waals surface area contributed by atoms with E-state index in [9.17, 15) is 9.18 Å². The summed E-state index contributed by atoms with van der Waals surface area (Å²) in [4.78, 5) is 12.1. The first-order chi connectivity index (χ1) is 8.13. The minimum absolute atomic E-state index is 0.211. The molecule has 17 heavy (non-hydrogen) atoms. The number of amides is 1. The van der Waals surface area contributed by atoms with Crippen molar-refractivity contribution in [2.75, 3.05) is 18.4 Å². The summed E-state index contributed by atoms with van der Waals surface area (Å²) in [6.07, 6.45) is 3.69. The number of carbonyl (C=O) groups is 1. The lowest BCUT2D eigenvalue weighted by Crippen LogP contribution is -2.45. The van der Waals surface area contributed by atoms with E-state index in [0.717, 1.165) is 0 Å². The zero-order valence-corrected chi connectivity index (χ0v) is 9.64. The summed E-state index contributed by atoms with van der Waals surface area (Å²) in [5, 5.41) is 6.01. The highest BCUT2D eigenvalue weighted by atomic mass is 35.5. The van der Waals surface area contributed by atoms with Gasteiger partial charge in [-0.2, -0.15) is 0 Å². The van der Waals surface area contributed by atoms with Crippen molar-refractivity contribution in [1.29, 1.82) is 0 Å². The second-order valence-corrected chi connectivity index (χ2v) is 4.71. The molecule has 1 amide bonds. The van der Waals surface area contributed by atoms with Gasteiger partial charge in [0.2, 0.25) is 5.91 Å². The van der Waals surface area contributed by atoms with Crippen molar-refractivity contribution in [3.8, 4) is 0 Å². The molecular weight excluding hydrogens is 243 g/mol. The van der Waals surface area contributed by atoms with Crippen LogP contribution in [0.2, 0.25) is 5.02 Å². The highest BCUT2D eigenvalue weighted by molar-refractivity contribution is 6.31. The topological polar surface area (TPSA) is 41.1 Å². The predicted octanol–water partition coefficient (Wildman–Crippen LogP) is 1.83. The number of halogens is 2. The Morgan fingerprint density at radius 3 is 2.94 bits per heavy atom. The first-order valence-corrected chi connectivity index (χ1v) is 5.71. The molecule has 2 aliphatic rings. The lowest BCUT2D eigenvalue weighted by molar-refractivity contribution is -0.119. The lowest BCUT2D eigenvalue weighted by Gasteiger charge is -2.27. The molecular formula is C12H10ClFN2O. The van der Waals surface area contributed by atoms with Crippen LogP contribution in [0.4, 0.5) is 10.1 Å². The fourth-order valence-electron chi connectivity index (χ4n) is 2.41. The number of hydrogen-bond donors (Lipinski definition) is 2. The summed E-state index contributed by atoms with van der Waals surface area (Å²) in [6.45, 7) is 1.18. The van der Waals surface area contributed by atoms with Crippen LogP contribution in [0, 0.1) is 5.82 Å². The number of fused-ring (bicyclic) bond motifs is 2. The molecule has 0 aliphatic carbocycles. The zero-order chi connectivity index (χ0) is 12.0. The minimum atomic E-state index is -0.820. The number of hydrogen-bond acceptors (Lipinski definition) is 2. The third kappa shape index (κ3) is 1.41. The van der Waals surface area contributed by atoms with E-state index in [-0.39, 0.29) is 11.6 Å². The van der Waals surface area contributed by atoms with Crippen LogP contribution in [-0.2, 0) is 10.2 Å². The van der Waals surface area contributed by atoms with Crippen LogP contribution in [0.25, 0.3) is 0 Å². The summed E-state index contributed by atoms with van der Waals surface area (Å²) in [6, 6.07) is 2.86. The molecule has 88 valence electrons. The van der Waals surface area contributed by atoms with Crippen molar-refractivity contribution in [3.05, 3.63) is 40.7 Å². The molecule has 1 unspecified atom stereocenters. The van der Waals surface area contributed by atoms with Crippen LogP contribution in [0.15, 0.2) is 24.3 Å². The Labute approximate surface area is 103 Å². The molecule has 1 aromatic carbocycles. The largest absolute Gasteiger partial charge is 0.322 e. The monoisotopic (exact) mass is 252 g/mol. The maximum Gasteiger partial charge on any atom is 0.240 e. The van der Waals surface area contributed by atoms with Gasteiger partial charge in [0, 0.05) is 23.7 Å². The van der Waals surface area contributed by atoms with E-state index < -0.39 is 11.2 Å². The normalized spacial score (nSPS) is 26.1.